The summed E-state index contributed by atoms with van der Waals surface area (Å²) in [6, 6.07) is 5.73. The first-order valence-corrected chi connectivity index (χ1v) is 6.40. The van der Waals surface area contributed by atoms with Crippen molar-refractivity contribution in [2.45, 2.75) is 4.90 Å². The van der Waals surface area contributed by atoms with E-state index in [1.165, 1.54) is 0 Å². The number of thioether (sulfide) groups is 1. The Bertz CT molecular complexity index is 371. The van der Waals surface area contributed by atoms with E-state index in [2.05, 4.69) is 10.6 Å². The smallest absolute Gasteiger partial charge is 0.170 e. The first kappa shape index (κ1) is 13.1. The van der Waals surface area contributed by atoms with Gasteiger partial charge in [0.25, 0.3) is 0 Å². The molecule has 1 aromatic rings. The minimum Gasteiger partial charge on any atom is -0.397 e. The maximum atomic E-state index is 8.64. The predicted octanol–water partition coefficient (Wildman–Crippen LogP) is 1.27. The van der Waals surface area contributed by atoms with E-state index in [1.54, 1.807) is 11.8 Å². The maximum Gasteiger partial charge on any atom is 0.170 e. The van der Waals surface area contributed by atoms with Gasteiger partial charge in [-0.2, -0.15) is 0 Å². The largest absolute Gasteiger partial charge is 0.397 e. The third kappa shape index (κ3) is 3.88. The summed E-state index contributed by atoms with van der Waals surface area (Å²) >= 11 is 6.68. The highest BCUT2D eigenvalue weighted by Gasteiger charge is 2.02. The average Bonchev–Trinajstić information content (AvgIpc) is 2.29. The van der Waals surface area contributed by atoms with Gasteiger partial charge in [-0.05, 0) is 36.7 Å². The highest BCUT2D eigenvalue weighted by atomic mass is 32.2. The molecular weight excluding hydrogens is 242 g/mol. The average molecular weight is 257 g/mol. The van der Waals surface area contributed by atoms with Gasteiger partial charge >= 0.3 is 0 Å². The van der Waals surface area contributed by atoms with Gasteiger partial charge in [-0.15, -0.1) is 11.8 Å². The maximum absolute atomic E-state index is 8.64. The Morgan fingerprint density at radius 3 is 2.94 bits per heavy atom. The Hall–Kier alpha value is -0.980. The Balaban J connectivity index is 2.68. The second-order valence-electron chi connectivity index (χ2n) is 3.06. The second kappa shape index (κ2) is 6.57. The lowest BCUT2D eigenvalue weighted by Crippen LogP contribution is -2.30. The van der Waals surface area contributed by atoms with Gasteiger partial charge in [-0.25, -0.2) is 0 Å². The molecule has 4 nitrogen and oxygen atoms in total. The van der Waals surface area contributed by atoms with Crippen LogP contribution in [0.1, 0.15) is 0 Å². The molecule has 0 bridgehead atoms. The third-order valence-electron chi connectivity index (χ3n) is 1.91. The Kier molecular flexibility index (Phi) is 5.37. The molecule has 0 unspecified atom stereocenters. The molecule has 5 N–H and O–H groups in total. The monoisotopic (exact) mass is 257 g/mol. The number of aliphatic hydroxyl groups excluding tert-OH is 1. The molecule has 0 aliphatic heterocycles. The lowest BCUT2D eigenvalue weighted by atomic mass is 10.3. The SMILES string of the molecule is CSc1ccc(N)c(NC(=S)NCCO)c1. The van der Waals surface area contributed by atoms with Crippen molar-refractivity contribution in [2.24, 2.45) is 0 Å². The molecule has 0 saturated carbocycles. The van der Waals surface area contributed by atoms with Crippen LogP contribution in [0.5, 0.6) is 0 Å². The quantitative estimate of drug-likeness (QED) is 0.370. The summed E-state index contributed by atoms with van der Waals surface area (Å²) in [5.41, 5.74) is 7.24. The van der Waals surface area contributed by atoms with E-state index in [9.17, 15) is 0 Å². The Morgan fingerprint density at radius 2 is 2.31 bits per heavy atom. The highest BCUT2D eigenvalue weighted by molar-refractivity contribution is 7.98. The summed E-state index contributed by atoms with van der Waals surface area (Å²) in [6.07, 6.45) is 2.00. The van der Waals surface area contributed by atoms with Crippen molar-refractivity contribution in [3.05, 3.63) is 18.2 Å². The van der Waals surface area contributed by atoms with E-state index < -0.39 is 0 Å². The Labute approximate surface area is 105 Å². The van der Waals surface area contributed by atoms with Gasteiger partial charge in [-0.3, -0.25) is 0 Å². The number of nitrogens with two attached hydrogens (primary N) is 1. The fourth-order valence-corrected chi connectivity index (χ4v) is 1.76. The van der Waals surface area contributed by atoms with Crippen LogP contribution in [0, 0.1) is 0 Å². The lowest BCUT2D eigenvalue weighted by molar-refractivity contribution is 0.301. The summed E-state index contributed by atoms with van der Waals surface area (Å²) in [7, 11) is 0. The van der Waals surface area contributed by atoms with Crippen LogP contribution in [0.2, 0.25) is 0 Å². The van der Waals surface area contributed by atoms with Gasteiger partial charge in [0.05, 0.1) is 18.0 Å². The molecule has 0 aliphatic carbocycles. The first-order chi connectivity index (χ1) is 7.67. The van der Waals surface area contributed by atoms with E-state index in [4.69, 9.17) is 23.1 Å². The number of nitrogens with one attached hydrogen (secondary N) is 2. The first-order valence-electron chi connectivity index (χ1n) is 4.76. The molecular formula is C10H15N3OS2. The zero-order valence-corrected chi connectivity index (χ0v) is 10.6. The molecule has 0 amide bonds. The van der Waals surface area contributed by atoms with E-state index in [0.717, 1.165) is 10.6 Å². The van der Waals surface area contributed by atoms with Crippen LogP contribution >= 0.6 is 24.0 Å². The van der Waals surface area contributed by atoms with Gasteiger partial charge in [0.2, 0.25) is 0 Å². The number of aliphatic hydroxyl groups is 1. The Morgan fingerprint density at radius 1 is 1.56 bits per heavy atom. The number of thiocarbonyl (C=S) groups is 1. The second-order valence-corrected chi connectivity index (χ2v) is 4.35. The number of anilines is 2. The summed E-state index contributed by atoms with van der Waals surface area (Å²) in [5.74, 6) is 0. The van der Waals surface area contributed by atoms with Gasteiger partial charge in [0.15, 0.2) is 5.11 Å². The van der Waals surface area contributed by atoms with E-state index in [-0.39, 0.29) is 6.61 Å². The molecule has 1 aromatic carbocycles. The van der Waals surface area contributed by atoms with Crippen LogP contribution in [0.3, 0.4) is 0 Å². The number of rotatable bonds is 4. The minimum atomic E-state index is 0.0438. The molecule has 0 spiro atoms. The summed E-state index contributed by atoms with van der Waals surface area (Å²) < 4.78 is 0. The van der Waals surface area contributed by atoms with Crippen LogP contribution in [0.4, 0.5) is 11.4 Å². The van der Waals surface area contributed by atoms with Crippen molar-refractivity contribution < 1.29 is 5.11 Å². The molecule has 16 heavy (non-hydrogen) atoms. The zero-order chi connectivity index (χ0) is 12.0. The molecule has 0 aromatic heterocycles. The number of hydrogen-bond acceptors (Lipinski definition) is 4. The molecule has 0 heterocycles. The summed E-state index contributed by atoms with van der Waals surface area (Å²) in [4.78, 5) is 1.11. The molecule has 0 aliphatic rings. The van der Waals surface area contributed by atoms with Crippen LogP contribution in [0.15, 0.2) is 23.1 Å². The van der Waals surface area contributed by atoms with Crippen molar-refractivity contribution in [1.82, 2.24) is 5.32 Å². The topological polar surface area (TPSA) is 70.3 Å². The molecule has 0 radical (unpaired) electrons. The van der Waals surface area contributed by atoms with Crippen LogP contribution in [0.25, 0.3) is 0 Å². The fourth-order valence-electron chi connectivity index (χ4n) is 1.11. The van der Waals surface area contributed by atoms with Crippen molar-refractivity contribution in [1.29, 1.82) is 0 Å². The summed E-state index contributed by atoms with van der Waals surface area (Å²) in [6.45, 7) is 0.468. The van der Waals surface area contributed by atoms with Crippen LogP contribution in [-0.2, 0) is 0 Å². The van der Waals surface area contributed by atoms with Gasteiger partial charge in [0, 0.05) is 11.4 Å². The summed E-state index contributed by atoms with van der Waals surface area (Å²) in [5, 5.41) is 14.9. The predicted molar refractivity (Wildman–Crippen MR) is 73.9 cm³/mol. The molecule has 0 saturated heterocycles. The molecule has 0 fully saturated rings. The van der Waals surface area contributed by atoms with Gasteiger partial charge in [-0.1, -0.05) is 0 Å². The molecule has 6 heteroatoms. The number of hydrogen-bond donors (Lipinski definition) is 4. The van der Waals surface area contributed by atoms with Crippen molar-refractivity contribution in [3.8, 4) is 0 Å². The number of benzene rings is 1. The van der Waals surface area contributed by atoms with Gasteiger partial charge < -0.3 is 21.5 Å². The molecule has 1 rings (SSSR count). The van der Waals surface area contributed by atoms with Crippen molar-refractivity contribution in [3.63, 3.8) is 0 Å². The molecule has 88 valence electrons. The number of nitrogen functional groups attached to an aromatic ring is 1. The van der Waals surface area contributed by atoms with Crippen molar-refractivity contribution in [2.75, 3.05) is 30.5 Å². The minimum absolute atomic E-state index is 0.0438. The van der Waals surface area contributed by atoms with Gasteiger partial charge in [0.1, 0.15) is 0 Å². The standard InChI is InChI=1S/C10H15N3OS2/c1-16-7-2-3-8(11)9(6-7)13-10(15)12-4-5-14/h2-3,6,14H,4-5,11H2,1H3,(H2,12,13,15). The van der Waals surface area contributed by atoms with Crippen LogP contribution in [-0.4, -0.2) is 29.6 Å². The van der Waals surface area contributed by atoms with E-state index in [0.29, 0.717) is 17.3 Å². The van der Waals surface area contributed by atoms with Crippen LogP contribution < -0.4 is 16.4 Å². The molecule has 0 atom stereocenters. The van der Waals surface area contributed by atoms with E-state index in [1.807, 2.05) is 24.5 Å². The highest BCUT2D eigenvalue weighted by Crippen LogP contribution is 2.24. The van der Waals surface area contributed by atoms with E-state index >= 15 is 0 Å². The fraction of sp³-hybridized carbons (Fsp3) is 0.300. The third-order valence-corrected chi connectivity index (χ3v) is 2.88. The van der Waals surface area contributed by atoms with Crippen molar-refractivity contribution >= 4 is 40.5 Å². The zero-order valence-electron chi connectivity index (χ0n) is 8.99. The normalized spacial score (nSPS) is 9.88. The lowest BCUT2D eigenvalue weighted by Gasteiger charge is -2.12.